The van der Waals surface area contributed by atoms with Crippen LogP contribution in [0.4, 0.5) is 0 Å². The van der Waals surface area contributed by atoms with Crippen molar-refractivity contribution in [2.75, 3.05) is 0 Å². The minimum Gasteiger partial charge on any atom is -0.233 e. The summed E-state index contributed by atoms with van der Waals surface area (Å²) in [5.74, 6) is 0.783. The Kier molecular flexibility index (Phi) is 4.02. The molecule has 2 aromatic rings. The fraction of sp³-hybridized carbons (Fsp3) is 0.167. The van der Waals surface area contributed by atoms with Gasteiger partial charge in [0.05, 0.1) is 5.69 Å². The van der Waals surface area contributed by atoms with Gasteiger partial charge in [0.1, 0.15) is 10.4 Å². The summed E-state index contributed by atoms with van der Waals surface area (Å²) in [6.45, 7) is 2.01. The van der Waals surface area contributed by atoms with Crippen molar-refractivity contribution >= 4 is 39.1 Å². The molecule has 0 unspecified atom stereocenters. The highest BCUT2D eigenvalue weighted by atomic mass is 79.9. The van der Waals surface area contributed by atoms with Crippen LogP contribution in [0.2, 0.25) is 10.0 Å². The summed E-state index contributed by atoms with van der Waals surface area (Å²) < 4.78 is 0.760. The minimum atomic E-state index is 0.597. The van der Waals surface area contributed by atoms with Gasteiger partial charge in [0.2, 0.25) is 0 Å². The van der Waals surface area contributed by atoms with Gasteiger partial charge in [-0.1, -0.05) is 30.1 Å². The second kappa shape index (κ2) is 5.34. The summed E-state index contributed by atoms with van der Waals surface area (Å²) in [5.41, 5.74) is 1.70. The van der Waals surface area contributed by atoms with E-state index < -0.39 is 0 Å². The van der Waals surface area contributed by atoms with E-state index in [1.165, 1.54) is 0 Å². The van der Waals surface area contributed by atoms with Crippen molar-refractivity contribution in [2.45, 2.75) is 13.3 Å². The molecule has 88 valence electrons. The summed E-state index contributed by atoms with van der Waals surface area (Å²) in [6, 6.07) is 7.22. The average molecular weight is 332 g/mol. The molecule has 0 atom stereocenters. The monoisotopic (exact) mass is 330 g/mol. The molecule has 0 bridgehead atoms. The highest BCUT2D eigenvalue weighted by Crippen LogP contribution is 2.27. The third-order valence-corrected chi connectivity index (χ3v) is 3.06. The number of benzene rings is 1. The van der Waals surface area contributed by atoms with Crippen LogP contribution in [0, 0.1) is 0 Å². The second-order valence-electron chi connectivity index (χ2n) is 3.50. The molecule has 0 amide bonds. The number of aryl methyl sites for hydroxylation is 1. The lowest BCUT2D eigenvalue weighted by Gasteiger charge is -2.05. The molecule has 0 saturated heterocycles. The molecule has 2 rings (SSSR count). The van der Waals surface area contributed by atoms with Gasteiger partial charge in [0.25, 0.3) is 0 Å². The molecule has 0 aliphatic rings. The Morgan fingerprint density at radius 1 is 1.06 bits per heavy atom. The fourth-order valence-corrected chi connectivity index (χ4v) is 2.42. The van der Waals surface area contributed by atoms with E-state index in [-0.39, 0.29) is 0 Å². The van der Waals surface area contributed by atoms with E-state index in [1.807, 2.05) is 25.1 Å². The smallest absolute Gasteiger partial charge is 0.130 e. The van der Waals surface area contributed by atoms with Gasteiger partial charge in [-0.25, -0.2) is 9.97 Å². The van der Waals surface area contributed by atoms with Crippen molar-refractivity contribution in [1.29, 1.82) is 0 Å². The van der Waals surface area contributed by atoms with Crippen LogP contribution in [0.5, 0.6) is 0 Å². The van der Waals surface area contributed by atoms with Crippen LogP contribution in [0.15, 0.2) is 28.9 Å². The molecule has 0 fully saturated rings. The number of halogens is 3. The lowest BCUT2D eigenvalue weighted by atomic mass is 10.1. The van der Waals surface area contributed by atoms with Gasteiger partial charge in [-0.05, 0) is 40.2 Å². The van der Waals surface area contributed by atoms with Crippen LogP contribution < -0.4 is 0 Å². The molecule has 0 spiro atoms. The summed E-state index contributed by atoms with van der Waals surface area (Å²) in [5, 5.41) is 1.19. The molecule has 0 aliphatic heterocycles. The molecular formula is C12H9BrCl2N2. The van der Waals surface area contributed by atoms with E-state index in [1.54, 1.807) is 6.07 Å². The summed E-state index contributed by atoms with van der Waals surface area (Å²) in [7, 11) is 0. The fourth-order valence-electron chi connectivity index (χ4n) is 1.47. The number of rotatable bonds is 2. The maximum absolute atomic E-state index is 5.97. The Bertz CT molecular complexity index is 538. The third kappa shape index (κ3) is 3.18. The van der Waals surface area contributed by atoms with Gasteiger partial charge in [0, 0.05) is 22.0 Å². The number of aromatic nitrogens is 2. The van der Waals surface area contributed by atoms with Crippen molar-refractivity contribution in [3.05, 3.63) is 44.7 Å². The lowest BCUT2D eigenvalue weighted by Crippen LogP contribution is -1.95. The first kappa shape index (κ1) is 12.8. The molecule has 1 aromatic carbocycles. The van der Waals surface area contributed by atoms with E-state index in [0.717, 1.165) is 28.1 Å². The lowest BCUT2D eigenvalue weighted by molar-refractivity contribution is 0.931. The standard InChI is InChI=1S/C12H9BrCl2N2/c1-2-12-16-10(6-11(13)17-12)7-3-8(14)5-9(15)4-7/h3-6H,2H2,1H3. The predicted octanol–water partition coefficient (Wildman–Crippen LogP) is 4.78. The van der Waals surface area contributed by atoms with Gasteiger partial charge >= 0.3 is 0 Å². The first-order valence-electron chi connectivity index (χ1n) is 5.08. The zero-order chi connectivity index (χ0) is 12.4. The Morgan fingerprint density at radius 3 is 2.29 bits per heavy atom. The molecule has 1 aromatic heterocycles. The third-order valence-electron chi connectivity index (χ3n) is 2.22. The maximum atomic E-state index is 5.97. The Labute approximate surface area is 118 Å². The predicted molar refractivity (Wildman–Crippen MR) is 74.6 cm³/mol. The van der Waals surface area contributed by atoms with Crippen LogP contribution in [-0.4, -0.2) is 9.97 Å². The summed E-state index contributed by atoms with van der Waals surface area (Å²) >= 11 is 15.3. The zero-order valence-electron chi connectivity index (χ0n) is 9.04. The van der Waals surface area contributed by atoms with Gasteiger partial charge in [-0.3, -0.25) is 0 Å². The van der Waals surface area contributed by atoms with Crippen molar-refractivity contribution in [1.82, 2.24) is 9.97 Å². The van der Waals surface area contributed by atoms with Crippen LogP contribution >= 0.6 is 39.1 Å². The molecule has 0 N–H and O–H groups in total. The second-order valence-corrected chi connectivity index (χ2v) is 5.19. The molecule has 1 heterocycles. The first-order chi connectivity index (χ1) is 8.08. The average Bonchev–Trinajstić information content (AvgIpc) is 2.26. The first-order valence-corrected chi connectivity index (χ1v) is 6.63. The zero-order valence-corrected chi connectivity index (χ0v) is 12.1. The number of hydrogen-bond acceptors (Lipinski definition) is 2. The summed E-state index contributed by atoms with van der Waals surface area (Å²) in [4.78, 5) is 8.71. The summed E-state index contributed by atoms with van der Waals surface area (Å²) in [6.07, 6.45) is 0.779. The quantitative estimate of drug-likeness (QED) is 0.740. The van der Waals surface area contributed by atoms with E-state index in [0.29, 0.717) is 10.0 Å². The molecule has 17 heavy (non-hydrogen) atoms. The Hall–Kier alpha value is -0.640. The SMILES string of the molecule is CCc1nc(Br)cc(-c2cc(Cl)cc(Cl)c2)n1. The van der Waals surface area contributed by atoms with Crippen molar-refractivity contribution in [3.63, 3.8) is 0 Å². The Morgan fingerprint density at radius 2 is 1.71 bits per heavy atom. The van der Waals surface area contributed by atoms with Crippen LogP contribution in [-0.2, 0) is 6.42 Å². The van der Waals surface area contributed by atoms with Crippen molar-refractivity contribution < 1.29 is 0 Å². The topological polar surface area (TPSA) is 25.8 Å². The molecular weight excluding hydrogens is 323 g/mol. The van der Waals surface area contributed by atoms with E-state index >= 15 is 0 Å². The van der Waals surface area contributed by atoms with Crippen molar-refractivity contribution in [2.24, 2.45) is 0 Å². The van der Waals surface area contributed by atoms with Crippen LogP contribution in [0.3, 0.4) is 0 Å². The number of nitrogens with zero attached hydrogens (tertiary/aromatic N) is 2. The largest absolute Gasteiger partial charge is 0.233 e. The van der Waals surface area contributed by atoms with Crippen LogP contribution in [0.25, 0.3) is 11.3 Å². The Balaban J connectivity index is 2.55. The highest BCUT2D eigenvalue weighted by molar-refractivity contribution is 9.10. The molecule has 0 radical (unpaired) electrons. The van der Waals surface area contributed by atoms with Gasteiger partial charge in [0.15, 0.2) is 0 Å². The maximum Gasteiger partial charge on any atom is 0.130 e. The minimum absolute atomic E-state index is 0.597. The molecule has 5 heteroatoms. The van der Waals surface area contributed by atoms with Crippen LogP contribution in [0.1, 0.15) is 12.7 Å². The molecule has 0 aliphatic carbocycles. The molecule has 2 nitrogen and oxygen atoms in total. The molecule has 0 saturated carbocycles. The van der Waals surface area contributed by atoms with E-state index in [2.05, 4.69) is 25.9 Å². The van der Waals surface area contributed by atoms with Gasteiger partial charge in [-0.15, -0.1) is 0 Å². The van der Waals surface area contributed by atoms with Gasteiger partial charge < -0.3 is 0 Å². The van der Waals surface area contributed by atoms with Gasteiger partial charge in [-0.2, -0.15) is 0 Å². The van der Waals surface area contributed by atoms with Crippen molar-refractivity contribution in [3.8, 4) is 11.3 Å². The van der Waals surface area contributed by atoms with E-state index in [9.17, 15) is 0 Å². The number of hydrogen-bond donors (Lipinski definition) is 0. The normalized spacial score (nSPS) is 10.6. The highest BCUT2D eigenvalue weighted by Gasteiger charge is 2.06. The van der Waals surface area contributed by atoms with E-state index in [4.69, 9.17) is 23.2 Å².